The van der Waals surface area contributed by atoms with Crippen LogP contribution in [0.3, 0.4) is 0 Å². The average Bonchev–Trinajstić information content (AvgIpc) is 3.46. The summed E-state index contributed by atoms with van der Waals surface area (Å²) in [6.07, 6.45) is -13.8. The van der Waals surface area contributed by atoms with Crippen LogP contribution in [0.4, 0.5) is 14.6 Å². The number of phosphoric ester groups is 1. The van der Waals surface area contributed by atoms with Crippen LogP contribution in [0.2, 0.25) is 0 Å². The van der Waals surface area contributed by atoms with Gasteiger partial charge < -0.3 is 55.1 Å². The number of anilines is 1. The number of halogens is 2. The second-order valence-corrected chi connectivity index (χ2v) is 14.2. The highest BCUT2D eigenvalue weighted by Gasteiger charge is 2.63. The monoisotopic (exact) mass is 679 g/mol. The van der Waals surface area contributed by atoms with Gasteiger partial charge in [0.05, 0.1) is 19.5 Å². The zero-order valence-electron chi connectivity index (χ0n) is 22.0. The maximum absolute atomic E-state index is 16.1. The Hall–Kier alpha value is -1.65. The fourth-order valence-electron chi connectivity index (χ4n) is 4.53. The quantitative estimate of drug-likeness (QED) is 0.0986. The lowest BCUT2D eigenvalue weighted by Gasteiger charge is -2.41. The van der Waals surface area contributed by atoms with Gasteiger partial charge in [0.2, 0.25) is 5.67 Å². The number of rotatable bonds is 11. The molecule has 7 unspecified atom stereocenters. The van der Waals surface area contributed by atoms with Crippen LogP contribution in [0.5, 0.6) is 0 Å². The largest absolute Gasteiger partial charge is 0.481 e. The number of fused-ring (bicyclic) bond motifs is 1. The molecule has 2 saturated heterocycles. The van der Waals surface area contributed by atoms with Gasteiger partial charge in [-0.25, -0.2) is 32.6 Å². The van der Waals surface area contributed by atoms with Crippen molar-refractivity contribution in [2.24, 2.45) is 0 Å². The van der Waals surface area contributed by atoms with Crippen molar-refractivity contribution >= 4 is 43.3 Å². The highest BCUT2D eigenvalue weighted by molar-refractivity contribution is 8.08. The number of imidazole rings is 1. The third kappa shape index (κ3) is 6.53. The van der Waals surface area contributed by atoms with Crippen molar-refractivity contribution in [1.82, 2.24) is 19.5 Å². The van der Waals surface area contributed by atoms with E-state index in [2.05, 4.69) is 30.4 Å². The van der Waals surface area contributed by atoms with E-state index in [1.807, 2.05) is 0 Å². The molecule has 0 saturated carbocycles. The Morgan fingerprint density at radius 1 is 1.26 bits per heavy atom. The van der Waals surface area contributed by atoms with E-state index < -0.39 is 88.2 Å². The SMILES string of the molecule is C=C[C@]1(F)[C@H](n2cnc3c(N)ncnc32)O[C@](C)(COP(O)(=S)OP(=O)(O)OC2OC([C@@H](F)CO)C(O)C(O)C2O)[C@H]1O. The van der Waals surface area contributed by atoms with Gasteiger partial charge in [0.1, 0.15) is 48.0 Å². The summed E-state index contributed by atoms with van der Waals surface area (Å²) in [6.45, 7) is -2.39. The van der Waals surface area contributed by atoms with Crippen molar-refractivity contribution < 1.29 is 71.5 Å². The number of phosphoric acid groups is 1. The van der Waals surface area contributed by atoms with Crippen LogP contribution < -0.4 is 5.73 Å². The van der Waals surface area contributed by atoms with E-state index in [1.165, 1.54) is 0 Å². The molecular formula is C20H29F2N5O13P2S. The van der Waals surface area contributed by atoms with Crippen LogP contribution in [0.15, 0.2) is 25.3 Å². The number of nitrogens with two attached hydrogens (primary N) is 1. The van der Waals surface area contributed by atoms with Crippen molar-refractivity contribution in [3.8, 4) is 0 Å². The number of aromatic nitrogens is 4. The van der Waals surface area contributed by atoms with E-state index in [9.17, 15) is 39.2 Å². The number of hydrogen-bond acceptors (Lipinski definition) is 16. The van der Waals surface area contributed by atoms with Gasteiger partial charge in [-0.05, 0) is 24.8 Å². The third-order valence-electron chi connectivity index (χ3n) is 6.80. The molecule has 0 amide bonds. The third-order valence-corrected chi connectivity index (χ3v) is 10.3. The Labute approximate surface area is 246 Å². The first-order valence-electron chi connectivity index (χ1n) is 12.2. The van der Waals surface area contributed by atoms with Crippen molar-refractivity contribution in [2.75, 3.05) is 18.9 Å². The van der Waals surface area contributed by atoms with Crippen LogP contribution in [-0.2, 0) is 39.2 Å². The summed E-state index contributed by atoms with van der Waals surface area (Å²) in [6, 6.07) is 0. The lowest BCUT2D eigenvalue weighted by atomic mass is 9.89. The molecule has 0 aromatic carbocycles. The Balaban J connectivity index is 1.48. The minimum atomic E-state index is -5.57. The van der Waals surface area contributed by atoms with E-state index in [0.717, 1.165) is 30.2 Å². The van der Waals surface area contributed by atoms with E-state index in [0.29, 0.717) is 0 Å². The van der Waals surface area contributed by atoms with Gasteiger partial charge in [0.25, 0.3) is 0 Å². The minimum Gasteiger partial charge on any atom is -0.393 e. The number of hydrogen-bond donors (Lipinski definition) is 8. The maximum Gasteiger partial charge on any atom is 0.481 e. The minimum absolute atomic E-state index is 0.0181. The molecule has 0 aliphatic carbocycles. The standard InChI is InChI=1S/C20H29F2N5O13P2S/c1-3-20(22)17(32)19(2,38-18(20)27-7-26-9-14(23)24-6-25-15(9)27)5-36-42(35,43)40-41(33,34)39-16-12(31)10(29)11(30)13(37-16)8(21)4-28/h3,6-8,10-13,16-18,28-32H,1,4-5H2,2H3,(H,33,34)(H,35,43)(H2,23,24,25)/t8-,10?,11?,12?,13?,16?,17+,18+,19+,20+,42?/m0/s1. The van der Waals surface area contributed by atoms with Crippen molar-refractivity contribution in [3.63, 3.8) is 0 Å². The van der Waals surface area contributed by atoms with Gasteiger partial charge in [-0.2, -0.15) is 0 Å². The summed E-state index contributed by atoms with van der Waals surface area (Å²) in [5, 5.41) is 49.8. The number of nitrogens with zero attached hydrogens (tertiary/aromatic N) is 4. The predicted molar refractivity (Wildman–Crippen MR) is 141 cm³/mol. The van der Waals surface area contributed by atoms with Crippen LogP contribution in [0.25, 0.3) is 11.2 Å². The molecule has 12 atom stereocenters. The van der Waals surface area contributed by atoms with Crippen molar-refractivity contribution in [3.05, 3.63) is 25.3 Å². The molecule has 9 N–H and O–H groups in total. The maximum atomic E-state index is 16.1. The molecule has 0 spiro atoms. The first-order valence-corrected chi connectivity index (χ1v) is 16.2. The van der Waals surface area contributed by atoms with Gasteiger partial charge >= 0.3 is 14.5 Å². The molecule has 23 heteroatoms. The zero-order valence-corrected chi connectivity index (χ0v) is 24.6. The molecule has 2 aliphatic rings. The first-order chi connectivity index (χ1) is 19.9. The Morgan fingerprint density at radius 2 is 1.93 bits per heavy atom. The molecule has 2 fully saturated rings. The summed E-state index contributed by atoms with van der Waals surface area (Å²) in [5.74, 6) is -0.0181. The Kier molecular flexibility index (Phi) is 9.77. The molecule has 4 rings (SSSR count). The topological polar surface area (TPSA) is 274 Å². The number of aliphatic hydroxyl groups excluding tert-OH is 5. The van der Waals surface area contributed by atoms with E-state index >= 15 is 4.39 Å². The van der Waals surface area contributed by atoms with E-state index in [4.69, 9.17) is 36.6 Å². The molecule has 0 bridgehead atoms. The molecule has 2 aromatic heterocycles. The molecule has 4 heterocycles. The summed E-state index contributed by atoms with van der Waals surface area (Å²) in [7, 11) is -5.57. The average molecular weight is 679 g/mol. The highest BCUT2D eigenvalue weighted by atomic mass is 32.5. The lowest BCUT2D eigenvalue weighted by molar-refractivity contribution is -0.287. The zero-order chi connectivity index (χ0) is 32.1. The van der Waals surface area contributed by atoms with Crippen LogP contribution in [0, 0.1) is 0 Å². The van der Waals surface area contributed by atoms with Crippen molar-refractivity contribution in [1.29, 1.82) is 0 Å². The fraction of sp³-hybridized carbons (Fsp3) is 0.650. The predicted octanol–water partition coefficient (Wildman–Crippen LogP) is -1.54. The number of alkyl halides is 2. The van der Waals surface area contributed by atoms with Gasteiger partial charge in [-0.3, -0.25) is 9.09 Å². The van der Waals surface area contributed by atoms with Gasteiger partial charge in [0.15, 0.2) is 30.2 Å². The molecule has 0 radical (unpaired) electrons. The molecule has 43 heavy (non-hydrogen) atoms. The van der Waals surface area contributed by atoms with Crippen LogP contribution in [-0.4, -0.2) is 122 Å². The summed E-state index contributed by atoms with van der Waals surface area (Å²) < 4.78 is 68.6. The smallest absolute Gasteiger partial charge is 0.393 e. The van der Waals surface area contributed by atoms with Gasteiger partial charge in [-0.1, -0.05) is 6.58 Å². The van der Waals surface area contributed by atoms with Crippen molar-refractivity contribution in [2.45, 2.75) is 67.4 Å². The molecular weight excluding hydrogens is 650 g/mol. The number of aliphatic hydroxyl groups is 5. The van der Waals surface area contributed by atoms with E-state index in [-0.39, 0.29) is 17.0 Å². The molecule has 2 aliphatic heterocycles. The normalized spacial score (nSPS) is 38.4. The lowest BCUT2D eigenvalue weighted by Crippen LogP contribution is -2.60. The number of nitrogen functional groups attached to an aromatic ring is 1. The second kappa shape index (κ2) is 12.3. The second-order valence-electron chi connectivity index (χ2n) is 9.84. The summed E-state index contributed by atoms with van der Waals surface area (Å²) >= 11 is 4.74. The van der Waals surface area contributed by atoms with Gasteiger partial charge in [0, 0.05) is 0 Å². The highest BCUT2D eigenvalue weighted by Crippen LogP contribution is 2.62. The fourth-order valence-corrected chi connectivity index (χ4v) is 7.69. The summed E-state index contributed by atoms with van der Waals surface area (Å²) in [4.78, 5) is 32.4. The molecule has 2 aromatic rings. The van der Waals surface area contributed by atoms with Crippen LogP contribution in [0.1, 0.15) is 13.2 Å². The van der Waals surface area contributed by atoms with E-state index in [1.54, 1.807) is 0 Å². The molecule has 242 valence electrons. The number of ether oxygens (including phenoxy) is 2. The first kappa shape index (κ1) is 34.2. The van der Waals surface area contributed by atoms with Gasteiger partial charge in [-0.15, -0.1) is 0 Å². The van der Waals surface area contributed by atoms with Crippen LogP contribution >= 0.6 is 14.5 Å². The summed E-state index contributed by atoms with van der Waals surface area (Å²) in [5.41, 5.74) is 1.16. The Morgan fingerprint density at radius 3 is 2.56 bits per heavy atom. The Bertz CT molecular complexity index is 1450. The molecule has 18 nitrogen and oxygen atoms in total.